The number of likely N-dealkylation sites (tertiary alicyclic amines) is 1. The van der Waals surface area contributed by atoms with Crippen LogP contribution in [0.25, 0.3) is 0 Å². The first-order chi connectivity index (χ1) is 14.1. The fourth-order valence-corrected chi connectivity index (χ4v) is 4.47. The molecule has 3 rings (SSSR count). The molecule has 6 heteroatoms. The average molecular weight is 403 g/mol. The number of carbonyl (C=O) groups excluding carboxylic acids is 2. The molecule has 1 N–H and O–H groups in total. The fraction of sp³-hybridized carbons (Fsp3) is 0.652. The predicted molar refractivity (Wildman–Crippen MR) is 112 cm³/mol. The third-order valence-electron chi connectivity index (χ3n) is 6.35. The number of amides is 2. The maximum Gasteiger partial charge on any atom is 0.251 e. The molecule has 1 heterocycles. The lowest BCUT2D eigenvalue weighted by atomic mass is 9.86. The third kappa shape index (κ3) is 5.87. The molecule has 1 aromatic rings. The average Bonchev–Trinajstić information content (AvgIpc) is 2.78. The Hall–Kier alpha value is -2.24. The van der Waals surface area contributed by atoms with E-state index in [1.165, 1.54) is 32.1 Å². The van der Waals surface area contributed by atoms with Crippen molar-refractivity contribution in [3.05, 3.63) is 23.8 Å². The summed E-state index contributed by atoms with van der Waals surface area (Å²) in [6, 6.07) is 5.17. The van der Waals surface area contributed by atoms with Crippen molar-refractivity contribution in [3.63, 3.8) is 0 Å². The van der Waals surface area contributed by atoms with E-state index in [1.54, 1.807) is 32.4 Å². The Labute approximate surface area is 173 Å². The second-order valence-electron chi connectivity index (χ2n) is 8.31. The van der Waals surface area contributed by atoms with Gasteiger partial charge in [0.15, 0.2) is 11.5 Å². The van der Waals surface area contributed by atoms with Crippen LogP contribution in [-0.4, -0.2) is 50.6 Å². The number of rotatable bonds is 7. The van der Waals surface area contributed by atoms with Crippen LogP contribution in [0, 0.1) is 11.8 Å². The summed E-state index contributed by atoms with van der Waals surface area (Å²) in [6.45, 7) is 2.25. The molecule has 1 aliphatic carbocycles. The highest BCUT2D eigenvalue weighted by molar-refractivity contribution is 5.94. The molecule has 1 saturated heterocycles. The van der Waals surface area contributed by atoms with Crippen molar-refractivity contribution in [2.45, 2.75) is 51.4 Å². The number of nitrogens with zero attached hydrogens (tertiary/aromatic N) is 1. The largest absolute Gasteiger partial charge is 0.493 e. The number of methoxy groups -OCH3 is 2. The highest BCUT2D eigenvalue weighted by Crippen LogP contribution is 2.29. The summed E-state index contributed by atoms with van der Waals surface area (Å²) in [6.07, 6.45) is 8.92. The molecule has 29 heavy (non-hydrogen) atoms. The summed E-state index contributed by atoms with van der Waals surface area (Å²) >= 11 is 0. The van der Waals surface area contributed by atoms with Crippen LogP contribution in [0.4, 0.5) is 0 Å². The van der Waals surface area contributed by atoms with E-state index in [1.807, 2.05) is 4.90 Å². The van der Waals surface area contributed by atoms with Crippen LogP contribution in [0.1, 0.15) is 61.7 Å². The molecule has 0 atom stereocenters. The Morgan fingerprint density at radius 1 is 0.966 bits per heavy atom. The van der Waals surface area contributed by atoms with Crippen LogP contribution < -0.4 is 14.8 Å². The van der Waals surface area contributed by atoms with Crippen molar-refractivity contribution in [1.29, 1.82) is 0 Å². The molecule has 1 saturated carbocycles. The van der Waals surface area contributed by atoms with E-state index in [-0.39, 0.29) is 5.91 Å². The topological polar surface area (TPSA) is 67.9 Å². The zero-order chi connectivity index (χ0) is 20.6. The van der Waals surface area contributed by atoms with Crippen LogP contribution in [0.3, 0.4) is 0 Å². The van der Waals surface area contributed by atoms with Gasteiger partial charge < -0.3 is 19.7 Å². The maximum atomic E-state index is 12.6. The second-order valence-corrected chi connectivity index (χ2v) is 8.31. The lowest BCUT2D eigenvalue weighted by Gasteiger charge is -2.33. The molecule has 1 aromatic carbocycles. The molecule has 2 amide bonds. The van der Waals surface area contributed by atoms with E-state index in [2.05, 4.69) is 5.32 Å². The quantitative estimate of drug-likeness (QED) is 0.756. The van der Waals surface area contributed by atoms with Gasteiger partial charge in [-0.15, -0.1) is 0 Å². The molecule has 0 unspecified atom stereocenters. The van der Waals surface area contributed by atoms with Gasteiger partial charge in [-0.2, -0.15) is 0 Å². The second kappa shape index (κ2) is 10.5. The maximum absolute atomic E-state index is 12.6. The molecule has 160 valence electrons. The van der Waals surface area contributed by atoms with E-state index in [0.29, 0.717) is 41.4 Å². The fourth-order valence-electron chi connectivity index (χ4n) is 4.47. The van der Waals surface area contributed by atoms with Gasteiger partial charge in [-0.1, -0.05) is 19.3 Å². The minimum Gasteiger partial charge on any atom is -0.493 e. The first kappa shape index (κ1) is 21.5. The van der Waals surface area contributed by atoms with Gasteiger partial charge in [-0.05, 0) is 55.7 Å². The van der Waals surface area contributed by atoms with E-state index >= 15 is 0 Å². The SMILES string of the molecule is COc1ccc(C(=O)NCC2CCN(C(=O)CC3CCCCC3)CC2)cc1OC. The van der Waals surface area contributed by atoms with E-state index < -0.39 is 0 Å². The molecular weight excluding hydrogens is 368 g/mol. The van der Waals surface area contributed by atoms with Crippen molar-refractivity contribution in [1.82, 2.24) is 10.2 Å². The molecule has 0 spiro atoms. The van der Waals surface area contributed by atoms with Gasteiger partial charge in [0, 0.05) is 31.6 Å². The van der Waals surface area contributed by atoms with Crippen molar-refractivity contribution < 1.29 is 19.1 Å². The Balaban J connectivity index is 1.41. The molecule has 0 aromatic heterocycles. The van der Waals surface area contributed by atoms with Gasteiger partial charge in [-0.3, -0.25) is 9.59 Å². The van der Waals surface area contributed by atoms with Gasteiger partial charge in [0.25, 0.3) is 5.91 Å². The first-order valence-electron chi connectivity index (χ1n) is 10.9. The van der Waals surface area contributed by atoms with Gasteiger partial charge in [0.2, 0.25) is 5.91 Å². The summed E-state index contributed by atoms with van der Waals surface area (Å²) < 4.78 is 10.5. The smallest absolute Gasteiger partial charge is 0.251 e. The monoisotopic (exact) mass is 402 g/mol. The van der Waals surface area contributed by atoms with E-state index in [4.69, 9.17) is 9.47 Å². The number of benzene rings is 1. The summed E-state index contributed by atoms with van der Waals surface area (Å²) in [4.78, 5) is 27.1. The van der Waals surface area contributed by atoms with Crippen molar-refractivity contribution >= 4 is 11.8 Å². The lowest BCUT2D eigenvalue weighted by molar-refractivity contribution is -0.133. The molecule has 0 radical (unpaired) electrons. The normalized spacial score (nSPS) is 18.3. The Morgan fingerprint density at radius 2 is 1.66 bits per heavy atom. The number of nitrogens with one attached hydrogen (secondary N) is 1. The minimum absolute atomic E-state index is 0.109. The van der Waals surface area contributed by atoms with Crippen LogP contribution in [0.2, 0.25) is 0 Å². The van der Waals surface area contributed by atoms with Gasteiger partial charge >= 0.3 is 0 Å². The Bertz CT molecular complexity index is 692. The number of carbonyl (C=O) groups is 2. The highest BCUT2D eigenvalue weighted by atomic mass is 16.5. The van der Waals surface area contributed by atoms with Crippen LogP contribution in [0.5, 0.6) is 11.5 Å². The molecule has 6 nitrogen and oxygen atoms in total. The van der Waals surface area contributed by atoms with Crippen LogP contribution >= 0.6 is 0 Å². The highest BCUT2D eigenvalue weighted by Gasteiger charge is 2.25. The predicted octanol–water partition coefficient (Wildman–Crippen LogP) is 3.64. The zero-order valence-electron chi connectivity index (χ0n) is 17.7. The number of ether oxygens (including phenoxy) is 2. The summed E-state index contributed by atoms with van der Waals surface area (Å²) in [7, 11) is 3.13. The Kier molecular flexibility index (Phi) is 7.78. The van der Waals surface area contributed by atoms with Gasteiger partial charge in [-0.25, -0.2) is 0 Å². The minimum atomic E-state index is -0.109. The van der Waals surface area contributed by atoms with E-state index in [0.717, 1.165) is 32.4 Å². The van der Waals surface area contributed by atoms with Crippen LogP contribution in [-0.2, 0) is 4.79 Å². The molecule has 0 bridgehead atoms. The molecular formula is C23H34N2O4. The number of hydrogen-bond donors (Lipinski definition) is 1. The Morgan fingerprint density at radius 3 is 2.31 bits per heavy atom. The van der Waals surface area contributed by atoms with Gasteiger partial charge in [0.05, 0.1) is 14.2 Å². The van der Waals surface area contributed by atoms with E-state index in [9.17, 15) is 9.59 Å². The summed E-state index contributed by atoms with van der Waals surface area (Å²) in [5.74, 6) is 2.37. The van der Waals surface area contributed by atoms with Gasteiger partial charge in [0.1, 0.15) is 0 Å². The van der Waals surface area contributed by atoms with Crippen molar-refractivity contribution in [2.24, 2.45) is 11.8 Å². The molecule has 1 aliphatic heterocycles. The lowest BCUT2D eigenvalue weighted by Crippen LogP contribution is -2.42. The third-order valence-corrected chi connectivity index (χ3v) is 6.35. The molecule has 2 aliphatic rings. The number of piperidine rings is 1. The summed E-state index contributed by atoms with van der Waals surface area (Å²) in [5, 5.41) is 3.03. The summed E-state index contributed by atoms with van der Waals surface area (Å²) in [5.41, 5.74) is 0.558. The number of hydrogen-bond acceptors (Lipinski definition) is 4. The standard InChI is InChI=1S/C23H34N2O4/c1-28-20-9-8-19(15-21(20)29-2)23(27)24-16-18-10-12-25(13-11-18)22(26)14-17-6-4-3-5-7-17/h8-9,15,17-18H,3-7,10-14,16H2,1-2H3,(H,24,27). The zero-order valence-corrected chi connectivity index (χ0v) is 17.7. The molecule has 2 fully saturated rings. The van der Waals surface area contributed by atoms with Crippen LogP contribution in [0.15, 0.2) is 18.2 Å². The first-order valence-corrected chi connectivity index (χ1v) is 10.9. The van der Waals surface area contributed by atoms with Crippen molar-refractivity contribution in [3.8, 4) is 11.5 Å². The van der Waals surface area contributed by atoms with Crippen molar-refractivity contribution in [2.75, 3.05) is 33.9 Å².